The standard InChI is InChI=1S/C14H17NO3/c1-18-14(17)12-9-11(10-16)5-6-13(12)15-7-3-2-4-8-15/h5-6,9-10H,2-4,7-8H2,1H3. The molecule has 0 N–H and O–H groups in total. The summed E-state index contributed by atoms with van der Waals surface area (Å²) in [7, 11) is 1.36. The smallest absolute Gasteiger partial charge is 0.339 e. The van der Waals surface area contributed by atoms with Gasteiger partial charge in [-0.05, 0) is 37.5 Å². The van der Waals surface area contributed by atoms with Gasteiger partial charge >= 0.3 is 5.97 Å². The zero-order chi connectivity index (χ0) is 13.0. The van der Waals surface area contributed by atoms with E-state index in [0.717, 1.165) is 37.9 Å². The second kappa shape index (κ2) is 5.67. The molecule has 1 fully saturated rings. The predicted octanol–water partition coefficient (Wildman–Crippen LogP) is 2.28. The minimum Gasteiger partial charge on any atom is -0.465 e. The monoisotopic (exact) mass is 247 g/mol. The Hall–Kier alpha value is -1.84. The molecule has 1 heterocycles. The number of esters is 1. The average Bonchev–Trinajstić information content (AvgIpc) is 2.46. The number of carbonyl (C=O) groups is 2. The van der Waals surface area contributed by atoms with Gasteiger partial charge in [-0.25, -0.2) is 4.79 Å². The van der Waals surface area contributed by atoms with Gasteiger partial charge in [0, 0.05) is 18.7 Å². The summed E-state index contributed by atoms with van der Waals surface area (Å²) < 4.78 is 4.79. The molecule has 0 bridgehead atoms. The maximum absolute atomic E-state index is 11.8. The average molecular weight is 247 g/mol. The number of methoxy groups -OCH3 is 1. The maximum atomic E-state index is 11.8. The Morgan fingerprint density at radius 1 is 1.28 bits per heavy atom. The van der Waals surface area contributed by atoms with Crippen LogP contribution in [-0.4, -0.2) is 32.5 Å². The van der Waals surface area contributed by atoms with Crippen molar-refractivity contribution in [2.75, 3.05) is 25.1 Å². The van der Waals surface area contributed by atoms with Crippen LogP contribution in [0, 0.1) is 0 Å². The van der Waals surface area contributed by atoms with Gasteiger partial charge in [0.05, 0.1) is 18.4 Å². The van der Waals surface area contributed by atoms with Crippen molar-refractivity contribution in [3.63, 3.8) is 0 Å². The molecule has 1 aliphatic heterocycles. The van der Waals surface area contributed by atoms with Crippen molar-refractivity contribution in [3.8, 4) is 0 Å². The van der Waals surface area contributed by atoms with Crippen molar-refractivity contribution in [3.05, 3.63) is 29.3 Å². The molecule has 0 unspecified atom stereocenters. The normalized spacial score (nSPS) is 15.3. The van der Waals surface area contributed by atoms with Gasteiger partial charge in [0.25, 0.3) is 0 Å². The van der Waals surface area contributed by atoms with E-state index in [0.29, 0.717) is 11.1 Å². The molecule has 4 nitrogen and oxygen atoms in total. The van der Waals surface area contributed by atoms with Crippen LogP contribution in [0.5, 0.6) is 0 Å². The molecule has 0 aromatic heterocycles. The Balaban J connectivity index is 2.38. The summed E-state index contributed by atoms with van der Waals surface area (Å²) in [6.07, 6.45) is 4.25. The van der Waals surface area contributed by atoms with Gasteiger partial charge in [-0.3, -0.25) is 4.79 Å². The number of hydrogen-bond donors (Lipinski definition) is 0. The van der Waals surface area contributed by atoms with Crippen LogP contribution in [0.2, 0.25) is 0 Å². The number of benzene rings is 1. The maximum Gasteiger partial charge on any atom is 0.339 e. The molecule has 1 saturated heterocycles. The van der Waals surface area contributed by atoms with Gasteiger partial charge in [-0.15, -0.1) is 0 Å². The van der Waals surface area contributed by atoms with Crippen molar-refractivity contribution in [2.45, 2.75) is 19.3 Å². The minimum atomic E-state index is -0.390. The Kier molecular flexibility index (Phi) is 3.97. The zero-order valence-corrected chi connectivity index (χ0v) is 10.5. The topological polar surface area (TPSA) is 46.6 Å². The van der Waals surface area contributed by atoms with E-state index in [1.54, 1.807) is 12.1 Å². The second-order valence-electron chi connectivity index (χ2n) is 4.43. The Morgan fingerprint density at radius 3 is 2.61 bits per heavy atom. The van der Waals surface area contributed by atoms with Crippen LogP contribution < -0.4 is 4.90 Å². The molecule has 2 rings (SSSR count). The fourth-order valence-corrected chi connectivity index (χ4v) is 2.31. The molecule has 4 heteroatoms. The van der Waals surface area contributed by atoms with E-state index in [9.17, 15) is 9.59 Å². The van der Waals surface area contributed by atoms with E-state index in [4.69, 9.17) is 4.74 Å². The third-order valence-electron chi connectivity index (χ3n) is 3.26. The Morgan fingerprint density at radius 2 is 2.00 bits per heavy atom. The van der Waals surface area contributed by atoms with Crippen LogP contribution >= 0.6 is 0 Å². The number of nitrogens with zero attached hydrogens (tertiary/aromatic N) is 1. The SMILES string of the molecule is COC(=O)c1cc(C=O)ccc1N1CCCCC1. The number of anilines is 1. The summed E-state index contributed by atoms with van der Waals surface area (Å²) in [4.78, 5) is 24.8. The predicted molar refractivity (Wildman–Crippen MR) is 69.2 cm³/mol. The summed E-state index contributed by atoms with van der Waals surface area (Å²) in [6, 6.07) is 5.17. The van der Waals surface area contributed by atoms with E-state index >= 15 is 0 Å². The fraction of sp³-hybridized carbons (Fsp3) is 0.429. The number of carbonyl (C=O) groups excluding carboxylic acids is 2. The lowest BCUT2D eigenvalue weighted by Crippen LogP contribution is -2.31. The first-order chi connectivity index (χ1) is 8.76. The molecule has 0 amide bonds. The first kappa shape index (κ1) is 12.6. The van der Waals surface area contributed by atoms with Crippen molar-refractivity contribution >= 4 is 17.9 Å². The van der Waals surface area contributed by atoms with Gasteiger partial charge in [-0.1, -0.05) is 0 Å². The third kappa shape index (κ3) is 2.53. The number of rotatable bonds is 3. The lowest BCUT2D eigenvalue weighted by atomic mass is 10.0. The van der Waals surface area contributed by atoms with Crippen molar-refractivity contribution < 1.29 is 14.3 Å². The Bertz CT molecular complexity index is 450. The van der Waals surface area contributed by atoms with Crippen molar-refractivity contribution in [1.82, 2.24) is 0 Å². The summed E-state index contributed by atoms with van der Waals surface area (Å²) in [5, 5.41) is 0. The largest absolute Gasteiger partial charge is 0.465 e. The molecule has 0 spiro atoms. The van der Waals surface area contributed by atoms with Crippen LogP contribution in [0.25, 0.3) is 0 Å². The number of hydrogen-bond acceptors (Lipinski definition) is 4. The van der Waals surface area contributed by atoms with Gasteiger partial charge < -0.3 is 9.64 Å². The summed E-state index contributed by atoms with van der Waals surface area (Å²) in [5.74, 6) is -0.390. The third-order valence-corrected chi connectivity index (χ3v) is 3.26. The fourth-order valence-electron chi connectivity index (χ4n) is 2.31. The lowest BCUT2D eigenvalue weighted by Gasteiger charge is -2.30. The van der Waals surface area contributed by atoms with E-state index in [1.165, 1.54) is 13.5 Å². The lowest BCUT2D eigenvalue weighted by molar-refractivity contribution is 0.0601. The molecule has 0 aliphatic carbocycles. The van der Waals surface area contributed by atoms with Crippen LogP contribution in [-0.2, 0) is 4.74 Å². The molecule has 0 atom stereocenters. The van der Waals surface area contributed by atoms with E-state index in [1.807, 2.05) is 6.07 Å². The van der Waals surface area contributed by atoms with Gasteiger partial charge in [0.15, 0.2) is 0 Å². The number of ether oxygens (including phenoxy) is 1. The quantitative estimate of drug-likeness (QED) is 0.607. The number of piperidine rings is 1. The summed E-state index contributed by atoms with van der Waals surface area (Å²) in [5.41, 5.74) is 1.84. The van der Waals surface area contributed by atoms with Gasteiger partial charge in [-0.2, -0.15) is 0 Å². The zero-order valence-electron chi connectivity index (χ0n) is 10.5. The summed E-state index contributed by atoms with van der Waals surface area (Å²) in [6.45, 7) is 1.90. The molecule has 1 aromatic rings. The van der Waals surface area contributed by atoms with E-state index < -0.39 is 0 Å². The van der Waals surface area contributed by atoms with Crippen LogP contribution in [0.3, 0.4) is 0 Å². The van der Waals surface area contributed by atoms with Crippen molar-refractivity contribution in [1.29, 1.82) is 0 Å². The first-order valence-electron chi connectivity index (χ1n) is 6.18. The highest BCUT2D eigenvalue weighted by molar-refractivity contribution is 5.97. The highest BCUT2D eigenvalue weighted by atomic mass is 16.5. The van der Waals surface area contributed by atoms with Crippen molar-refractivity contribution in [2.24, 2.45) is 0 Å². The van der Waals surface area contributed by atoms with Crippen LogP contribution in [0.1, 0.15) is 40.0 Å². The van der Waals surface area contributed by atoms with Gasteiger partial charge in [0.2, 0.25) is 0 Å². The summed E-state index contributed by atoms with van der Waals surface area (Å²) >= 11 is 0. The molecule has 96 valence electrons. The Labute approximate surface area is 107 Å². The molecule has 0 radical (unpaired) electrons. The molecular weight excluding hydrogens is 230 g/mol. The molecule has 1 aliphatic rings. The molecular formula is C14H17NO3. The molecule has 1 aromatic carbocycles. The number of aldehydes is 1. The minimum absolute atomic E-state index is 0.390. The highest BCUT2D eigenvalue weighted by Gasteiger charge is 2.19. The van der Waals surface area contributed by atoms with E-state index in [2.05, 4.69) is 4.90 Å². The molecule has 18 heavy (non-hydrogen) atoms. The van der Waals surface area contributed by atoms with E-state index in [-0.39, 0.29) is 5.97 Å². The highest BCUT2D eigenvalue weighted by Crippen LogP contribution is 2.25. The van der Waals surface area contributed by atoms with Gasteiger partial charge in [0.1, 0.15) is 6.29 Å². The molecule has 0 saturated carbocycles. The first-order valence-corrected chi connectivity index (χ1v) is 6.18. The second-order valence-corrected chi connectivity index (χ2v) is 4.43. The van der Waals surface area contributed by atoms with Crippen LogP contribution in [0.4, 0.5) is 5.69 Å². The van der Waals surface area contributed by atoms with Crippen LogP contribution in [0.15, 0.2) is 18.2 Å².